The Morgan fingerprint density at radius 2 is 1.07 bits per heavy atom. The molecule has 10 rings (SSSR count). The third-order valence-electron chi connectivity index (χ3n) is 10.5. The maximum atomic E-state index is 9.86. The third-order valence-corrected chi connectivity index (χ3v) is 10.5. The van der Waals surface area contributed by atoms with Crippen molar-refractivity contribution >= 4 is 83.0 Å². The van der Waals surface area contributed by atoms with Gasteiger partial charge < -0.3 is 14.2 Å². The molecule has 0 bridgehead atoms. The van der Waals surface area contributed by atoms with E-state index in [-0.39, 0.29) is 0 Å². The van der Waals surface area contributed by atoms with E-state index in [0.29, 0.717) is 11.1 Å². The van der Waals surface area contributed by atoms with Crippen molar-refractivity contribution in [2.45, 2.75) is 6.92 Å². The van der Waals surface area contributed by atoms with Crippen molar-refractivity contribution in [1.82, 2.24) is 4.40 Å². The summed E-state index contributed by atoms with van der Waals surface area (Å²) in [6.07, 6.45) is 0. The number of fused-ring (bicyclic) bond motifs is 7. The summed E-state index contributed by atoms with van der Waals surface area (Å²) in [6.45, 7) is 2.15. The molecule has 0 fully saturated rings. The summed E-state index contributed by atoms with van der Waals surface area (Å²) in [5.74, 6) is 0. The van der Waals surface area contributed by atoms with Gasteiger partial charge in [0.25, 0.3) is 0 Å². The number of nitriles is 2. The lowest BCUT2D eigenvalue weighted by Crippen LogP contribution is -2.10. The average molecular weight is 690 g/mol. The predicted octanol–water partition coefficient (Wildman–Crippen LogP) is 13.0. The molecule has 0 N–H and O–H groups in total. The molecule has 0 unspecified atom stereocenters. The van der Waals surface area contributed by atoms with Gasteiger partial charge >= 0.3 is 0 Å². The first-order chi connectivity index (χ1) is 26.6. The van der Waals surface area contributed by atoms with Gasteiger partial charge in [-0.25, -0.2) is 0 Å². The molecule has 0 atom stereocenters. The topological polar surface area (TPSA) is 58.5 Å². The van der Waals surface area contributed by atoms with Crippen LogP contribution in [0.5, 0.6) is 0 Å². The van der Waals surface area contributed by atoms with Crippen LogP contribution in [-0.4, -0.2) is 4.40 Å². The Labute approximate surface area is 312 Å². The normalized spacial score (nSPS) is 11.4. The fraction of sp³-hybridized carbons (Fsp3) is 0.0204. The summed E-state index contributed by atoms with van der Waals surface area (Å²) in [7, 11) is 0. The Balaban J connectivity index is 1.25. The molecule has 0 aliphatic carbocycles. The Morgan fingerprint density at radius 1 is 0.444 bits per heavy atom. The minimum Gasteiger partial charge on any atom is -0.310 e. The molecule has 2 heterocycles. The van der Waals surface area contributed by atoms with Crippen molar-refractivity contribution in [1.29, 1.82) is 10.5 Å². The van der Waals surface area contributed by atoms with Crippen LogP contribution in [0.2, 0.25) is 0 Å². The minimum absolute atomic E-state index is 0.617. The van der Waals surface area contributed by atoms with E-state index in [2.05, 4.69) is 142 Å². The van der Waals surface area contributed by atoms with Gasteiger partial charge in [0.1, 0.15) is 0 Å². The lowest BCUT2D eigenvalue weighted by atomic mass is 10.0. The monoisotopic (exact) mass is 689 g/mol. The molecule has 5 heteroatoms. The van der Waals surface area contributed by atoms with E-state index >= 15 is 0 Å². The molecular formula is C49H31N5. The minimum atomic E-state index is 0.617. The Morgan fingerprint density at radius 3 is 1.76 bits per heavy atom. The highest BCUT2D eigenvalue weighted by Crippen LogP contribution is 2.48. The number of anilines is 6. The van der Waals surface area contributed by atoms with E-state index < -0.39 is 0 Å². The quantitative estimate of drug-likeness (QED) is 0.174. The van der Waals surface area contributed by atoms with E-state index in [4.69, 9.17) is 0 Å². The van der Waals surface area contributed by atoms with Gasteiger partial charge in [0.2, 0.25) is 0 Å². The zero-order valence-electron chi connectivity index (χ0n) is 29.4. The summed E-state index contributed by atoms with van der Waals surface area (Å²) in [5.41, 5.74) is 11.9. The average Bonchev–Trinajstić information content (AvgIpc) is 3.72. The van der Waals surface area contributed by atoms with Crippen molar-refractivity contribution in [2.75, 3.05) is 9.80 Å². The van der Waals surface area contributed by atoms with Crippen LogP contribution in [0.25, 0.3) is 48.9 Å². The van der Waals surface area contributed by atoms with Crippen LogP contribution in [0.4, 0.5) is 34.1 Å². The maximum absolute atomic E-state index is 9.86. The van der Waals surface area contributed by atoms with Crippen molar-refractivity contribution in [3.8, 4) is 12.1 Å². The number of hydrogen-bond donors (Lipinski definition) is 0. The molecule has 0 amide bonds. The molecule has 0 saturated heterocycles. The smallest absolute Gasteiger partial charge is 0.0992 e. The van der Waals surface area contributed by atoms with E-state index in [1.807, 2.05) is 60.7 Å². The van der Waals surface area contributed by atoms with Gasteiger partial charge in [-0.2, -0.15) is 10.5 Å². The molecule has 10 aromatic rings. The summed E-state index contributed by atoms with van der Waals surface area (Å²) in [4.78, 5) is 4.48. The number of aryl methyl sites for hydroxylation is 1. The summed E-state index contributed by atoms with van der Waals surface area (Å²) in [6, 6.07) is 63.5. The Bertz CT molecular complexity index is 3150. The number of hydrogen-bond acceptors (Lipinski definition) is 4. The van der Waals surface area contributed by atoms with Crippen LogP contribution in [0.3, 0.4) is 0 Å². The van der Waals surface area contributed by atoms with Crippen molar-refractivity contribution in [3.05, 3.63) is 187 Å². The number of benzene rings is 8. The highest BCUT2D eigenvalue weighted by molar-refractivity contribution is 6.28. The van der Waals surface area contributed by atoms with Crippen LogP contribution in [-0.2, 0) is 0 Å². The van der Waals surface area contributed by atoms with Crippen LogP contribution in [0, 0.1) is 29.6 Å². The molecular weight excluding hydrogens is 659 g/mol. The third kappa shape index (κ3) is 4.84. The first-order valence-corrected chi connectivity index (χ1v) is 18.0. The molecule has 0 radical (unpaired) electrons. The molecule has 0 aliphatic rings. The van der Waals surface area contributed by atoms with E-state index in [0.717, 1.165) is 55.9 Å². The van der Waals surface area contributed by atoms with Gasteiger partial charge in [0.15, 0.2) is 0 Å². The Kier molecular flexibility index (Phi) is 7.08. The molecule has 8 aromatic carbocycles. The molecule has 5 nitrogen and oxygen atoms in total. The lowest BCUT2D eigenvalue weighted by Gasteiger charge is -2.26. The fourth-order valence-corrected chi connectivity index (χ4v) is 8.17. The standard InChI is InChI=1S/C49H31N5/c1-32-18-22-45-44(24-32)48-46(53(38-14-6-3-7-15-38)40-17-9-11-34(26-40)31-51)23-21-42-43-28-35-19-20-41(27-36(35)29-47(43)54(45)49(42)48)52(37-12-4-2-5-13-37)39-16-8-10-33(25-39)30-50/h2-29H,1H3. The molecule has 2 aromatic heterocycles. The Hall–Kier alpha value is -7.60. The first-order valence-electron chi connectivity index (χ1n) is 18.0. The number of rotatable bonds is 6. The van der Waals surface area contributed by atoms with Crippen molar-refractivity contribution in [2.24, 2.45) is 0 Å². The van der Waals surface area contributed by atoms with Crippen molar-refractivity contribution in [3.63, 3.8) is 0 Å². The second-order valence-corrected chi connectivity index (χ2v) is 13.8. The second kappa shape index (κ2) is 12.3. The highest BCUT2D eigenvalue weighted by atomic mass is 15.2. The van der Waals surface area contributed by atoms with Crippen LogP contribution in [0.15, 0.2) is 170 Å². The van der Waals surface area contributed by atoms with Crippen LogP contribution >= 0.6 is 0 Å². The second-order valence-electron chi connectivity index (χ2n) is 13.8. The zero-order valence-corrected chi connectivity index (χ0v) is 29.4. The van der Waals surface area contributed by atoms with Gasteiger partial charge in [-0.1, -0.05) is 72.3 Å². The number of para-hydroxylation sites is 2. The molecule has 0 aliphatic heterocycles. The van der Waals surface area contributed by atoms with Gasteiger partial charge in [-0.15, -0.1) is 0 Å². The van der Waals surface area contributed by atoms with E-state index in [1.54, 1.807) is 0 Å². The van der Waals surface area contributed by atoms with Gasteiger partial charge in [-0.05, 0) is 121 Å². The van der Waals surface area contributed by atoms with Crippen LogP contribution < -0.4 is 9.80 Å². The van der Waals surface area contributed by atoms with Crippen molar-refractivity contribution < 1.29 is 0 Å². The first kappa shape index (κ1) is 31.2. The number of nitrogens with zero attached hydrogens (tertiary/aromatic N) is 5. The van der Waals surface area contributed by atoms with Gasteiger partial charge in [0, 0.05) is 50.0 Å². The zero-order chi connectivity index (χ0) is 36.3. The maximum Gasteiger partial charge on any atom is 0.0992 e. The molecule has 54 heavy (non-hydrogen) atoms. The molecule has 252 valence electrons. The van der Waals surface area contributed by atoms with E-state index in [9.17, 15) is 10.5 Å². The number of aromatic nitrogens is 1. The van der Waals surface area contributed by atoms with Gasteiger partial charge in [0.05, 0.1) is 45.5 Å². The molecule has 0 spiro atoms. The van der Waals surface area contributed by atoms with Crippen LogP contribution in [0.1, 0.15) is 16.7 Å². The molecule has 0 saturated carbocycles. The summed E-state index contributed by atoms with van der Waals surface area (Å²) >= 11 is 0. The lowest BCUT2D eigenvalue weighted by molar-refractivity contribution is 1.28. The summed E-state index contributed by atoms with van der Waals surface area (Å²) in [5, 5.41) is 26.6. The predicted molar refractivity (Wildman–Crippen MR) is 222 cm³/mol. The largest absolute Gasteiger partial charge is 0.310 e. The highest BCUT2D eigenvalue weighted by Gasteiger charge is 2.25. The van der Waals surface area contributed by atoms with Gasteiger partial charge in [-0.3, -0.25) is 0 Å². The fourth-order valence-electron chi connectivity index (χ4n) is 8.17. The van der Waals surface area contributed by atoms with E-state index in [1.165, 1.54) is 32.6 Å². The summed E-state index contributed by atoms with van der Waals surface area (Å²) < 4.78 is 2.44. The SMILES string of the molecule is Cc1ccc2c(c1)c1c(N(c3ccccc3)c3cccc(C#N)c3)ccc3c4cc5ccc(N(c6ccccc6)c6cccc(C#N)c6)cc5cc4n2c31.